The van der Waals surface area contributed by atoms with Crippen molar-refractivity contribution in [2.75, 3.05) is 6.54 Å². The lowest BCUT2D eigenvalue weighted by atomic mass is 10.3. The minimum absolute atomic E-state index is 0.116. The van der Waals surface area contributed by atoms with Crippen LogP contribution in [0.5, 0.6) is 0 Å². The van der Waals surface area contributed by atoms with Gasteiger partial charge in [-0.1, -0.05) is 0 Å². The number of imidazole rings is 1. The summed E-state index contributed by atoms with van der Waals surface area (Å²) in [7, 11) is 0. The van der Waals surface area contributed by atoms with Crippen molar-refractivity contribution in [2.45, 2.75) is 19.6 Å². The number of nitrogens with zero attached hydrogens (tertiary/aromatic N) is 3. The van der Waals surface area contributed by atoms with Crippen LogP contribution in [-0.2, 0) is 6.54 Å². The fourth-order valence-electron chi connectivity index (χ4n) is 1.07. The molecule has 3 N–H and O–H groups in total. The summed E-state index contributed by atoms with van der Waals surface area (Å²) >= 11 is 0. The molecule has 78 valence electrons. The van der Waals surface area contributed by atoms with Crippen molar-refractivity contribution in [1.29, 1.82) is 0 Å². The molecule has 1 unspecified atom stereocenters. The van der Waals surface area contributed by atoms with Crippen molar-refractivity contribution in [3.05, 3.63) is 22.1 Å². The van der Waals surface area contributed by atoms with Gasteiger partial charge in [0, 0.05) is 13.5 Å². The van der Waals surface area contributed by atoms with E-state index in [0.29, 0.717) is 5.82 Å². The predicted octanol–water partition coefficient (Wildman–Crippen LogP) is -0.581. The molecular weight excluding hydrogens is 188 g/mol. The highest BCUT2D eigenvalue weighted by molar-refractivity contribution is 5.16. The van der Waals surface area contributed by atoms with Gasteiger partial charge in [0.15, 0.2) is 0 Å². The predicted molar refractivity (Wildman–Crippen MR) is 48.7 cm³/mol. The monoisotopic (exact) mass is 200 g/mol. The third-order valence-corrected chi connectivity index (χ3v) is 1.83. The number of aliphatic hydroxyl groups is 1. The SMILES string of the molecule is Cc1nc([N+](=O)[O-])cn1CC(O)CN. The molecule has 0 fully saturated rings. The molecule has 7 nitrogen and oxygen atoms in total. The zero-order chi connectivity index (χ0) is 10.7. The van der Waals surface area contributed by atoms with E-state index in [9.17, 15) is 15.2 Å². The van der Waals surface area contributed by atoms with Gasteiger partial charge in [0.2, 0.25) is 5.82 Å². The van der Waals surface area contributed by atoms with E-state index in [1.165, 1.54) is 10.8 Å². The summed E-state index contributed by atoms with van der Waals surface area (Å²) in [5, 5.41) is 19.6. The molecule has 0 spiro atoms. The first kappa shape index (κ1) is 10.6. The highest BCUT2D eigenvalue weighted by Gasteiger charge is 2.16. The number of nitro groups is 1. The Morgan fingerprint density at radius 2 is 2.50 bits per heavy atom. The van der Waals surface area contributed by atoms with Gasteiger partial charge in [-0.05, 0) is 9.91 Å². The van der Waals surface area contributed by atoms with Crippen LogP contribution in [0.4, 0.5) is 5.82 Å². The molecule has 0 saturated carbocycles. The average molecular weight is 200 g/mol. The van der Waals surface area contributed by atoms with Crippen LogP contribution < -0.4 is 5.73 Å². The number of rotatable bonds is 4. The smallest absolute Gasteiger partial charge is 0.381 e. The quantitative estimate of drug-likeness (QED) is 0.499. The average Bonchev–Trinajstić information content (AvgIpc) is 2.48. The molecule has 1 aromatic rings. The second-order valence-corrected chi connectivity index (χ2v) is 2.95. The second-order valence-electron chi connectivity index (χ2n) is 2.95. The standard InChI is InChI=1S/C7H12N4O3/c1-5-9-7(11(13)14)4-10(5)3-6(12)2-8/h4,6,12H,2-3,8H2,1H3. The summed E-state index contributed by atoms with van der Waals surface area (Å²) in [5.74, 6) is 0.274. The molecule has 0 bridgehead atoms. The van der Waals surface area contributed by atoms with E-state index < -0.39 is 11.0 Å². The van der Waals surface area contributed by atoms with Gasteiger partial charge in [0.25, 0.3) is 0 Å². The fraction of sp³-hybridized carbons (Fsp3) is 0.571. The summed E-state index contributed by atoms with van der Waals surface area (Å²) in [6.07, 6.45) is 0.580. The minimum Gasteiger partial charge on any atom is -0.390 e. The Kier molecular flexibility index (Phi) is 3.15. The molecule has 1 heterocycles. The zero-order valence-corrected chi connectivity index (χ0v) is 7.75. The van der Waals surface area contributed by atoms with Crippen molar-refractivity contribution in [1.82, 2.24) is 9.55 Å². The number of nitrogens with two attached hydrogens (primary N) is 1. The van der Waals surface area contributed by atoms with Gasteiger partial charge >= 0.3 is 5.82 Å². The van der Waals surface area contributed by atoms with Crippen LogP contribution in [0.1, 0.15) is 5.82 Å². The molecule has 1 aromatic heterocycles. The van der Waals surface area contributed by atoms with Crippen molar-refractivity contribution in [3.8, 4) is 0 Å². The van der Waals surface area contributed by atoms with Crippen LogP contribution in [0.15, 0.2) is 6.20 Å². The van der Waals surface area contributed by atoms with Gasteiger partial charge in [0.05, 0.1) is 12.6 Å². The van der Waals surface area contributed by atoms with Gasteiger partial charge in [-0.15, -0.1) is 0 Å². The van der Waals surface area contributed by atoms with Crippen molar-refractivity contribution in [2.24, 2.45) is 5.73 Å². The zero-order valence-electron chi connectivity index (χ0n) is 7.75. The van der Waals surface area contributed by atoms with Crippen LogP contribution in [-0.4, -0.2) is 32.2 Å². The highest BCUT2D eigenvalue weighted by Crippen LogP contribution is 2.10. The van der Waals surface area contributed by atoms with Gasteiger partial charge in [-0.25, -0.2) is 0 Å². The summed E-state index contributed by atoms with van der Waals surface area (Å²) < 4.78 is 1.51. The maximum atomic E-state index is 10.4. The van der Waals surface area contributed by atoms with Crippen molar-refractivity contribution in [3.63, 3.8) is 0 Å². The van der Waals surface area contributed by atoms with E-state index in [1.54, 1.807) is 6.92 Å². The third kappa shape index (κ3) is 2.27. The number of aromatic nitrogens is 2. The molecule has 7 heteroatoms. The molecule has 0 amide bonds. The van der Waals surface area contributed by atoms with E-state index in [4.69, 9.17) is 5.73 Å². The van der Waals surface area contributed by atoms with Crippen molar-refractivity contribution < 1.29 is 10.0 Å². The summed E-state index contributed by atoms with van der Waals surface area (Å²) in [6.45, 7) is 1.98. The molecule has 0 radical (unpaired) electrons. The van der Waals surface area contributed by atoms with Crippen LogP contribution in [0.25, 0.3) is 0 Å². The Balaban J connectivity index is 2.82. The first-order valence-electron chi connectivity index (χ1n) is 4.11. The first-order chi connectivity index (χ1) is 6.54. The molecule has 0 aromatic carbocycles. The lowest BCUT2D eigenvalue weighted by Crippen LogP contribution is -2.25. The van der Waals surface area contributed by atoms with Crippen molar-refractivity contribution >= 4 is 5.82 Å². The molecule has 1 atom stereocenters. The number of aryl methyl sites for hydroxylation is 1. The molecular formula is C7H12N4O3. The maximum absolute atomic E-state index is 10.4. The Hall–Kier alpha value is -1.47. The molecule has 0 aliphatic carbocycles. The fourth-order valence-corrected chi connectivity index (χ4v) is 1.07. The Morgan fingerprint density at radius 1 is 1.86 bits per heavy atom. The van der Waals surface area contributed by atoms with E-state index in [1.807, 2.05) is 0 Å². The Bertz CT molecular complexity index is 336. The molecule has 1 rings (SSSR count). The van der Waals surface area contributed by atoms with Crippen LogP contribution >= 0.6 is 0 Å². The van der Waals surface area contributed by atoms with Crippen LogP contribution in [0.3, 0.4) is 0 Å². The molecule has 0 aliphatic rings. The van der Waals surface area contributed by atoms with Gasteiger partial charge < -0.3 is 25.5 Å². The summed E-state index contributed by atoms with van der Waals surface area (Å²) in [6, 6.07) is 0. The van der Waals surface area contributed by atoms with E-state index >= 15 is 0 Å². The second kappa shape index (κ2) is 4.16. The third-order valence-electron chi connectivity index (χ3n) is 1.83. The number of hydrogen-bond acceptors (Lipinski definition) is 5. The molecule has 0 saturated heterocycles. The lowest BCUT2D eigenvalue weighted by molar-refractivity contribution is -0.389. The normalized spacial score (nSPS) is 12.8. The molecule has 14 heavy (non-hydrogen) atoms. The van der Waals surface area contributed by atoms with E-state index in [-0.39, 0.29) is 18.9 Å². The number of aliphatic hydroxyl groups excluding tert-OH is 1. The van der Waals surface area contributed by atoms with E-state index in [2.05, 4.69) is 4.98 Å². The van der Waals surface area contributed by atoms with Gasteiger partial charge in [-0.2, -0.15) is 0 Å². The van der Waals surface area contributed by atoms with Crippen LogP contribution in [0, 0.1) is 17.0 Å². The summed E-state index contributed by atoms with van der Waals surface area (Å²) in [4.78, 5) is 13.5. The molecule has 0 aliphatic heterocycles. The Morgan fingerprint density at radius 3 is 2.93 bits per heavy atom. The lowest BCUT2D eigenvalue weighted by Gasteiger charge is -2.07. The topological polar surface area (TPSA) is 107 Å². The van der Waals surface area contributed by atoms with Gasteiger partial charge in [-0.3, -0.25) is 0 Å². The maximum Gasteiger partial charge on any atom is 0.381 e. The number of hydrogen-bond donors (Lipinski definition) is 2. The minimum atomic E-state index is -0.706. The van der Waals surface area contributed by atoms with E-state index in [0.717, 1.165) is 0 Å². The largest absolute Gasteiger partial charge is 0.390 e. The summed E-state index contributed by atoms with van der Waals surface area (Å²) in [5.41, 5.74) is 5.22. The van der Waals surface area contributed by atoms with Gasteiger partial charge in [0.1, 0.15) is 6.20 Å². The Labute approximate surface area is 80.3 Å². The first-order valence-corrected chi connectivity index (χ1v) is 4.11. The van der Waals surface area contributed by atoms with Crippen LogP contribution in [0.2, 0.25) is 0 Å². The highest BCUT2D eigenvalue weighted by atomic mass is 16.6.